The third kappa shape index (κ3) is 3.23. The highest BCUT2D eigenvalue weighted by Crippen LogP contribution is 2.15. The minimum atomic E-state index is -0.253. The first-order chi connectivity index (χ1) is 11.6. The van der Waals surface area contributed by atoms with Crippen LogP contribution in [-0.4, -0.2) is 22.2 Å². The van der Waals surface area contributed by atoms with Crippen LogP contribution in [-0.2, 0) is 6.42 Å². The average molecular weight is 341 g/mol. The second kappa shape index (κ2) is 6.97. The van der Waals surface area contributed by atoms with E-state index in [2.05, 4.69) is 10.4 Å². The number of rotatable bonds is 5. The molecule has 0 aliphatic rings. The number of hydrogen-bond acceptors (Lipinski definition) is 4. The summed E-state index contributed by atoms with van der Waals surface area (Å²) in [7, 11) is 0. The van der Waals surface area contributed by atoms with Crippen LogP contribution >= 0.6 is 11.3 Å². The number of aromatic nitrogens is 2. The van der Waals surface area contributed by atoms with E-state index in [1.54, 1.807) is 29.5 Å². The Labute approximate surface area is 143 Å². The summed E-state index contributed by atoms with van der Waals surface area (Å²) in [6.07, 6.45) is 0.783. The van der Waals surface area contributed by atoms with Crippen LogP contribution in [0.25, 0.3) is 10.8 Å². The van der Waals surface area contributed by atoms with E-state index in [0.717, 1.165) is 6.42 Å². The molecule has 0 aliphatic heterocycles. The lowest BCUT2D eigenvalue weighted by Gasteiger charge is -2.13. The fraction of sp³-hybridized carbons (Fsp3) is 0.278. The third-order valence-electron chi connectivity index (χ3n) is 3.77. The summed E-state index contributed by atoms with van der Waals surface area (Å²) in [5.74, 6) is -0.253. The Morgan fingerprint density at radius 1 is 1.21 bits per heavy atom. The Morgan fingerprint density at radius 3 is 2.62 bits per heavy atom. The molecule has 0 aliphatic carbocycles. The summed E-state index contributed by atoms with van der Waals surface area (Å²) in [5.41, 5.74) is 0.126. The molecule has 3 rings (SSSR count). The van der Waals surface area contributed by atoms with E-state index in [0.29, 0.717) is 23.0 Å². The summed E-state index contributed by atoms with van der Waals surface area (Å²) in [6.45, 7) is 4.29. The molecule has 0 atom stereocenters. The molecule has 0 saturated carbocycles. The molecule has 0 radical (unpaired) electrons. The van der Waals surface area contributed by atoms with Gasteiger partial charge in [0.2, 0.25) is 0 Å². The topological polar surface area (TPSA) is 64.0 Å². The van der Waals surface area contributed by atoms with Crippen molar-refractivity contribution in [2.24, 2.45) is 0 Å². The van der Waals surface area contributed by atoms with E-state index in [1.165, 1.54) is 9.56 Å². The minimum absolute atomic E-state index is 0.111. The van der Waals surface area contributed by atoms with Crippen molar-refractivity contribution in [3.63, 3.8) is 0 Å². The summed E-state index contributed by atoms with van der Waals surface area (Å²) in [6, 6.07) is 11.0. The standard InChI is InChI=1S/C18H19N3O2S/c1-12(2)21-18(23)15-8-4-3-7-14(15)16(20-21)17(22)19-10-9-13-6-5-11-24-13/h3-8,11-12H,9-10H2,1-2H3,(H,19,22). The predicted molar refractivity (Wildman–Crippen MR) is 96.7 cm³/mol. The SMILES string of the molecule is CC(C)n1nc(C(=O)NCCc2cccs2)c2ccccc2c1=O. The Balaban J connectivity index is 1.91. The van der Waals surface area contributed by atoms with Gasteiger partial charge in [-0.1, -0.05) is 24.3 Å². The largest absolute Gasteiger partial charge is 0.350 e. The molecule has 1 N–H and O–H groups in total. The summed E-state index contributed by atoms with van der Waals surface area (Å²) in [5, 5.41) is 10.3. The molecule has 6 heteroatoms. The smallest absolute Gasteiger partial charge is 0.274 e. The first-order valence-electron chi connectivity index (χ1n) is 7.90. The van der Waals surface area contributed by atoms with Crippen molar-refractivity contribution in [3.8, 4) is 0 Å². The van der Waals surface area contributed by atoms with Gasteiger partial charge in [0.1, 0.15) is 0 Å². The molecule has 0 saturated heterocycles. The van der Waals surface area contributed by atoms with Gasteiger partial charge in [0.15, 0.2) is 5.69 Å². The molecule has 124 valence electrons. The quantitative estimate of drug-likeness (QED) is 0.776. The van der Waals surface area contributed by atoms with Crippen LogP contribution in [0.5, 0.6) is 0 Å². The van der Waals surface area contributed by atoms with Crippen molar-refractivity contribution in [1.29, 1.82) is 0 Å². The number of carbonyl (C=O) groups is 1. The molecule has 1 aromatic carbocycles. The zero-order valence-corrected chi connectivity index (χ0v) is 14.5. The second-order valence-electron chi connectivity index (χ2n) is 5.82. The third-order valence-corrected chi connectivity index (χ3v) is 4.71. The Bertz CT molecular complexity index is 914. The molecule has 3 aromatic rings. The van der Waals surface area contributed by atoms with Gasteiger partial charge in [0.25, 0.3) is 11.5 Å². The van der Waals surface area contributed by atoms with E-state index in [9.17, 15) is 9.59 Å². The maximum absolute atomic E-state index is 12.6. The van der Waals surface area contributed by atoms with Crippen molar-refractivity contribution in [3.05, 3.63) is 62.7 Å². The predicted octanol–water partition coefficient (Wildman–Crippen LogP) is 3.01. The monoisotopic (exact) mass is 341 g/mol. The van der Waals surface area contributed by atoms with Crippen LogP contribution in [0.2, 0.25) is 0 Å². The highest BCUT2D eigenvalue weighted by Gasteiger charge is 2.17. The molecule has 24 heavy (non-hydrogen) atoms. The van der Waals surface area contributed by atoms with Crippen molar-refractivity contribution >= 4 is 28.0 Å². The van der Waals surface area contributed by atoms with Crippen LogP contribution in [0.3, 0.4) is 0 Å². The van der Waals surface area contributed by atoms with Gasteiger partial charge < -0.3 is 5.32 Å². The number of benzene rings is 1. The number of fused-ring (bicyclic) bond motifs is 1. The van der Waals surface area contributed by atoms with E-state index < -0.39 is 0 Å². The molecule has 0 unspecified atom stereocenters. The summed E-state index contributed by atoms with van der Waals surface area (Å²) < 4.78 is 1.37. The van der Waals surface area contributed by atoms with Gasteiger partial charge in [-0.15, -0.1) is 11.3 Å². The van der Waals surface area contributed by atoms with Gasteiger partial charge in [-0.3, -0.25) is 9.59 Å². The molecular weight excluding hydrogens is 322 g/mol. The van der Waals surface area contributed by atoms with Gasteiger partial charge in [0, 0.05) is 16.8 Å². The van der Waals surface area contributed by atoms with E-state index >= 15 is 0 Å². The number of nitrogens with one attached hydrogen (secondary N) is 1. The Morgan fingerprint density at radius 2 is 1.96 bits per heavy atom. The van der Waals surface area contributed by atoms with Crippen LogP contribution in [0, 0.1) is 0 Å². The van der Waals surface area contributed by atoms with Crippen molar-refractivity contribution in [2.45, 2.75) is 26.3 Å². The minimum Gasteiger partial charge on any atom is -0.350 e. The lowest BCUT2D eigenvalue weighted by atomic mass is 10.1. The number of amides is 1. The summed E-state index contributed by atoms with van der Waals surface area (Å²) in [4.78, 5) is 26.3. The molecule has 0 bridgehead atoms. The molecular formula is C18H19N3O2S. The second-order valence-corrected chi connectivity index (χ2v) is 6.86. The van der Waals surface area contributed by atoms with Crippen molar-refractivity contribution in [2.75, 3.05) is 6.54 Å². The molecule has 0 spiro atoms. The normalized spacial score (nSPS) is 11.1. The number of hydrogen-bond donors (Lipinski definition) is 1. The van der Waals surface area contributed by atoms with Crippen molar-refractivity contribution < 1.29 is 4.79 Å². The van der Waals surface area contributed by atoms with E-state index in [4.69, 9.17) is 0 Å². The van der Waals surface area contributed by atoms with Crippen LogP contribution in [0.15, 0.2) is 46.6 Å². The Kier molecular flexibility index (Phi) is 4.76. The molecule has 1 amide bonds. The zero-order chi connectivity index (χ0) is 17.1. The number of thiophene rings is 1. The van der Waals surface area contributed by atoms with Crippen molar-refractivity contribution in [1.82, 2.24) is 15.1 Å². The maximum Gasteiger partial charge on any atom is 0.274 e. The lowest BCUT2D eigenvalue weighted by Crippen LogP contribution is -2.32. The van der Waals surface area contributed by atoms with E-state index in [1.807, 2.05) is 37.4 Å². The highest BCUT2D eigenvalue weighted by atomic mass is 32.1. The Hall–Kier alpha value is -2.47. The van der Waals surface area contributed by atoms with Crippen LogP contribution in [0.4, 0.5) is 0 Å². The first kappa shape index (κ1) is 16.4. The first-order valence-corrected chi connectivity index (χ1v) is 8.78. The summed E-state index contributed by atoms with van der Waals surface area (Å²) >= 11 is 1.67. The van der Waals surface area contributed by atoms with Gasteiger partial charge >= 0.3 is 0 Å². The van der Waals surface area contributed by atoms with E-state index in [-0.39, 0.29) is 17.5 Å². The fourth-order valence-corrected chi connectivity index (χ4v) is 3.27. The molecule has 0 fully saturated rings. The zero-order valence-electron chi connectivity index (χ0n) is 13.7. The van der Waals surface area contributed by atoms with Crippen LogP contribution in [0.1, 0.15) is 35.3 Å². The lowest BCUT2D eigenvalue weighted by molar-refractivity contribution is 0.0948. The van der Waals surface area contributed by atoms with Gasteiger partial charge in [-0.05, 0) is 37.8 Å². The van der Waals surface area contributed by atoms with Gasteiger partial charge in [-0.25, -0.2) is 4.68 Å². The van der Waals surface area contributed by atoms with Gasteiger partial charge in [-0.2, -0.15) is 5.10 Å². The van der Waals surface area contributed by atoms with Crippen LogP contribution < -0.4 is 10.9 Å². The number of nitrogens with zero attached hydrogens (tertiary/aromatic N) is 2. The molecule has 2 aromatic heterocycles. The fourth-order valence-electron chi connectivity index (χ4n) is 2.56. The number of carbonyl (C=O) groups excluding carboxylic acids is 1. The molecule has 5 nitrogen and oxygen atoms in total. The molecule has 2 heterocycles. The average Bonchev–Trinajstić information content (AvgIpc) is 3.08. The van der Waals surface area contributed by atoms with Gasteiger partial charge in [0.05, 0.1) is 11.4 Å². The maximum atomic E-state index is 12.6. The highest BCUT2D eigenvalue weighted by molar-refractivity contribution is 7.09.